The predicted octanol–water partition coefficient (Wildman–Crippen LogP) is 2.84. The van der Waals surface area contributed by atoms with Crippen molar-refractivity contribution < 1.29 is 14.0 Å². The van der Waals surface area contributed by atoms with E-state index in [-0.39, 0.29) is 24.1 Å². The Morgan fingerprint density at radius 1 is 1.32 bits per heavy atom. The maximum Gasteiger partial charge on any atom is 0.251 e. The molecule has 0 aliphatic carbocycles. The summed E-state index contributed by atoms with van der Waals surface area (Å²) in [4.78, 5) is 26.7. The molecule has 2 aromatic rings. The first-order valence-electron chi connectivity index (χ1n) is 6.82. The summed E-state index contributed by atoms with van der Waals surface area (Å²) in [7, 11) is 1.70. The van der Waals surface area contributed by atoms with Crippen LogP contribution in [0, 0.1) is 5.82 Å². The van der Waals surface area contributed by atoms with Gasteiger partial charge in [-0.25, -0.2) is 4.39 Å². The highest BCUT2D eigenvalue weighted by atomic mass is 32.1. The van der Waals surface area contributed by atoms with Crippen LogP contribution < -0.4 is 5.32 Å². The molecular weight excluding hydrogens is 303 g/mol. The molecule has 6 heteroatoms. The quantitative estimate of drug-likeness (QED) is 0.921. The summed E-state index contributed by atoms with van der Waals surface area (Å²) in [6.07, 6.45) is 0. The number of hydrogen-bond acceptors (Lipinski definition) is 3. The van der Waals surface area contributed by atoms with Crippen LogP contribution in [0.5, 0.6) is 0 Å². The molecule has 1 aromatic heterocycles. The smallest absolute Gasteiger partial charge is 0.251 e. The summed E-state index contributed by atoms with van der Waals surface area (Å²) in [5, 5.41) is 4.47. The lowest BCUT2D eigenvalue weighted by molar-refractivity contribution is -0.130. The number of carbonyl (C=O) groups excluding carboxylic acids is 2. The van der Waals surface area contributed by atoms with Gasteiger partial charge in [0.25, 0.3) is 5.91 Å². The second-order valence-corrected chi connectivity index (χ2v) is 5.87. The summed E-state index contributed by atoms with van der Waals surface area (Å²) in [5.41, 5.74) is 0.196. The molecular formula is C16H17FN2O2S. The molecule has 0 aliphatic heterocycles. The van der Waals surface area contributed by atoms with Crippen molar-refractivity contribution in [1.82, 2.24) is 10.2 Å². The number of carbonyl (C=O) groups is 2. The lowest BCUT2D eigenvalue weighted by Crippen LogP contribution is -2.39. The maximum absolute atomic E-state index is 13.1. The van der Waals surface area contributed by atoms with Crippen LogP contribution >= 0.6 is 11.3 Å². The molecule has 116 valence electrons. The van der Waals surface area contributed by atoms with E-state index < -0.39 is 11.7 Å². The molecule has 2 amide bonds. The third-order valence-electron chi connectivity index (χ3n) is 3.42. The average molecular weight is 320 g/mol. The Labute approximate surface area is 132 Å². The monoisotopic (exact) mass is 320 g/mol. The van der Waals surface area contributed by atoms with Gasteiger partial charge in [0, 0.05) is 17.5 Å². The summed E-state index contributed by atoms with van der Waals surface area (Å²) in [5.74, 6) is -1.15. The number of hydrogen-bond donors (Lipinski definition) is 1. The number of halogens is 1. The summed E-state index contributed by atoms with van der Waals surface area (Å²) in [6, 6.07) is 9.19. The van der Waals surface area contributed by atoms with Gasteiger partial charge < -0.3 is 10.2 Å². The van der Waals surface area contributed by atoms with Gasteiger partial charge in [0.2, 0.25) is 5.91 Å². The number of benzene rings is 1. The van der Waals surface area contributed by atoms with E-state index in [1.165, 1.54) is 18.2 Å². The van der Waals surface area contributed by atoms with E-state index >= 15 is 0 Å². The molecule has 22 heavy (non-hydrogen) atoms. The number of nitrogens with zero attached hydrogens (tertiary/aromatic N) is 1. The third kappa shape index (κ3) is 3.92. The Morgan fingerprint density at radius 3 is 2.73 bits per heavy atom. The van der Waals surface area contributed by atoms with Crippen LogP contribution in [-0.4, -0.2) is 30.3 Å². The van der Waals surface area contributed by atoms with Crippen molar-refractivity contribution in [1.29, 1.82) is 0 Å². The number of amides is 2. The van der Waals surface area contributed by atoms with Crippen molar-refractivity contribution in [2.24, 2.45) is 0 Å². The molecule has 0 radical (unpaired) electrons. The van der Waals surface area contributed by atoms with Crippen LogP contribution in [0.3, 0.4) is 0 Å². The van der Waals surface area contributed by atoms with Crippen LogP contribution in [0.15, 0.2) is 41.8 Å². The van der Waals surface area contributed by atoms with Gasteiger partial charge in [0.1, 0.15) is 5.82 Å². The number of thiophene rings is 1. The van der Waals surface area contributed by atoms with Crippen molar-refractivity contribution in [2.75, 3.05) is 13.6 Å². The molecule has 0 saturated heterocycles. The highest BCUT2D eigenvalue weighted by molar-refractivity contribution is 7.10. The van der Waals surface area contributed by atoms with Crippen LogP contribution in [0.25, 0.3) is 0 Å². The first-order chi connectivity index (χ1) is 10.5. The summed E-state index contributed by atoms with van der Waals surface area (Å²) in [6.45, 7) is 1.81. The maximum atomic E-state index is 13.1. The highest BCUT2D eigenvalue weighted by Crippen LogP contribution is 2.23. The van der Waals surface area contributed by atoms with Crippen molar-refractivity contribution in [3.63, 3.8) is 0 Å². The van der Waals surface area contributed by atoms with Crippen molar-refractivity contribution >= 4 is 23.2 Å². The van der Waals surface area contributed by atoms with Gasteiger partial charge in [-0.05, 0) is 36.6 Å². The minimum absolute atomic E-state index is 0.0569. The molecule has 2 rings (SSSR count). The second kappa shape index (κ2) is 7.17. The van der Waals surface area contributed by atoms with E-state index in [0.717, 1.165) is 10.9 Å². The van der Waals surface area contributed by atoms with Gasteiger partial charge in [0.15, 0.2) is 0 Å². The SMILES string of the molecule is CC(c1cccs1)N(C)C(=O)CNC(=O)c1cccc(F)c1. The predicted molar refractivity (Wildman–Crippen MR) is 84.2 cm³/mol. The Morgan fingerprint density at radius 2 is 2.09 bits per heavy atom. The molecule has 4 nitrogen and oxygen atoms in total. The lowest BCUT2D eigenvalue weighted by atomic mass is 10.2. The number of likely N-dealkylation sites (N-methyl/N-ethyl adjacent to an activating group) is 1. The molecule has 1 atom stereocenters. The summed E-state index contributed by atoms with van der Waals surface area (Å²) < 4.78 is 13.1. The van der Waals surface area contributed by atoms with Crippen LogP contribution in [-0.2, 0) is 4.79 Å². The number of nitrogens with one attached hydrogen (secondary N) is 1. The van der Waals surface area contributed by atoms with Crippen molar-refractivity contribution in [3.8, 4) is 0 Å². The van der Waals surface area contributed by atoms with Gasteiger partial charge in [-0.1, -0.05) is 12.1 Å². The highest BCUT2D eigenvalue weighted by Gasteiger charge is 2.18. The van der Waals surface area contributed by atoms with Crippen LogP contribution in [0.2, 0.25) is 0 Å². The van der Waals surface area contributed by atoms with Crippen molar-refractivity contribution in [3.05, 3.63) is 58.0 Å². The largest absolute Gasteiger partial charge is 0.343 e. The van der Waals surface area contributed by atoms with E-state index in [1.807, 2.05) is 24.4 Å². The Balaban J connectivity index is 1.91. The van der Waals surface area contributed by atoms with E-state index in [2.05, 4.69) is 5.32 Å². The third-order valence-corrected chi connectivity index (χ3v) is 4.46. The first-order valence-corrected chi connectivity index (χ1v) is 7.70. The fourth-order valence-electron chi connectivity index (χ4n) is 1.95. The van der Waals surface area contributed by atoms with E-state index in [9.17, 15) is 14.0 Å². The molecule has 0 aliphatic rings. The average Bonchev–Trinajstić information content (AvgIpc) is 3.05. The lowest BCUT2D eigenvalue weighted by Gasteiger charge is -2.24. The summed E-state index contributed by atoms with van der Waals surface area (Å²) >= 11 is 1.58. The fourth-order valence-corrected chi connectivity index (χ4v) is 2.77. The minimum Gasteiger partial charge on any atom is -0.343 e. The normalized spacial score (nSPS) is 11.8. The fraction of sp³-hybridized carbons (Fsp3) is 0.250. The Hall–Kier alpha value is -2.21. The molecule has 0 saturated carbocycles. The Kier molecular flexibility index (Phi) is 5.27. The molecule has 0 fully saturated rings. The molecule has 1 unspecified atom stereocenters. The van der Waals surface area contributed by atoms with Gasteiger partial charge in [-0.3, -0.25) is 9.59 Å². The minimum atomic E-state index is -0.484. The van der Waals surface area contributed by atoms with Crippen LogP contribution in [0.4, 0.5) is 4.39 Å². The van der Waals surface area contributed by atoms with E-state index in [4.69, 9.17) is 0 Å². The van der Waals surface area contributed by atoms with Gasteiger partial charge >= 0.3 is 0 Å². The van der Waals surface area contributed by atoms with E-state index in [1.54, 1.807) is 23.3 Å². The standard InChI is InChI=1S/C16H17FN2O2S/c1-11(14-7-4-8-22-14)19(2)15(20)10-18-16(21)12-5-3-6-13(17)9-12/h3-9,11H,10H2,1-2H3,(H,18,21). The first kappa shape index (κ1) is 16.2. The number of rotatable bonds is 5. The van der Waals surface area contributed by atoms with Crippen molar-refractivity contribution in [2.45, 2.75) is 13.0 Å². The molecule has 0 spiro atoms. The zero-order valence-corrected chi connectivity index (χ0v) is 13.2. The van der Waals surface area contributed by atoms with Gasteiger partial charge in [-0.2, -0.15) is 0 Å². The topological polar surface area (TPSA) is 49.4 Å². The van der Waals surface area contributed by atoms with E-state index in [0.29, 0.717) is 0 Å². The molecule has 1 heterocycles. The zero-order valence-electron chi connectivity index (χ0n) is 12.4. The van der Waals surface area contributed by atoms with Gasteiger partial charge in [-0.15, -0.1) is 11.3 Å². The Bertz CT molecular complexity index is 658. The molecule has 1 aromatic carbocycles. The molecule has 1 N–H and O–H groups in total. The zero-order chi connectivity index (χ0) is 16.1. The van der Waals surface area contributed by atoms with Crippen LogP contribution in [0.1, 0.15) is 28.2 Å². The second-order valence-electron chi connectivity index (χ2n) is 4.89. The van der Waals surface area contributed by atoms with Gasteiger partial charge in [0.05, 0.1) is 12.6 Å². The molecule has 0 bridgehead atoms.